The molecule has 0 aromatic heterocycles. The van der Waals surface area contributed by atoms with Crippen LogP contribution in [0.1, 0.15) is 57.9 Å². The average molecular weight is 292 g/mol. The SMILES string of the molecule is CCCCC(=O)NC(=S)Nc1ccccc1C(C)CC. The van der Waals surface area contributed by atoms with Crippen molar-refractivity contribution < 1.29 is 4.79 Å². The van der Waals surface area contributed by atoms with Crippen LogP contribution in [0.2, 0.25) is 0 Å². The van der Waals surface area contributed by atoms with Gasteiger partial charge in [0, 0.05) is 12.1 Å². The highest BCUT2D eigenvalue weighted by atomic mass is 32.1. The summed E-state index contributed by atoms with van der Waals surface area (Å²) < 4.78 is 0. The maximum atomic E-state index is 11.6. The van der Waals surface area contributed by atoms with Crippen molar-refractivity contribution >= 4 is 28.9 Å². The smallest absolute Gasteiger partial charge is 0.226 e. The fourth-order valence-electron chi connectivity index (χ4n) is 1.94. The second-order valence-corrected chi connectivity index (χ2v) is 5.41. The molecule has 1 aromatic carbocycles. The van der Waals surface area contributed by atoms with Crippen molar-refractivity contribution in [3.63, 3.8) is 0 Å². The van der Waals surface area contributed by atoms with Gasteiger partial charge in [-0.05, 0) is 42.6 Å². The first-order valence-corrected chi connectivity index (χ1v) is 7.69. The molecule has 20 heavy (non-hydrogen) atoms. The Bertz CT molecular complexity index is 460. The molecule has 1 rings (SSSR count). The lowest BCUT2D eigenvalue weighted by atomic mass is 9.97. The van der Waals surface area contributed by atoms with Crippen LogP contribution < -0.4 is 10.6 Å². The maximum Gasteiger partial charge on any atom is 0.226 e. The number of unbranched alkanes of at least 4 members (excludes halogenated alkanes) is 1. The van der Waals surface area contributed by atoms with Crippen LogP contribution in [0.25, 0.3) is 0 Å². The van der Waals surface area contributed by atoms with E-state index >= 15 is 0 Å². The number of nitrogens with one attached hydrogen (secondary N) is 2. The quantitative estimate of drug-likeness (QED) is 0.772. The lowest BCUT2D eigenvalue weighted by Gasteiger charge is -2.17. The zero-order chi connectivity index (χ0) is 15.0. The number of para-hydroxylation sites is 1. The molecular formula is C16H24N2OS. The standard InChI is InChI=1S/C16H24N2OS/c1-4-6-11-15(19)18-16(20)17-14-10-8-7-9-13(14)12(3)5-2/h7-10,12H,4-6,11H2,1-3H3,(H2,17,18,19,20). The third-order valence-corrected chi connectivity index (χ3v) is 3.57. The van der Waals surface area contributed by atoms with Gasteiger partial charge in [0.1, 0.15) is 0 Å². The Labute approximate surface area is 127 Å². The fourth-order valence-corrected chi connectivity index (χ4v) is 2.16. The minimum absolute atomic E-state index is 0.0228. The Morgan fingerprint density at radius 2 is 2.00 bits per heavy atom. The van der Waals surface area contributed by atoms with E-state index in [-0.39, 0.29) is 5.91 Å². The molecule has 4 heteroatoms. The van der Waals surface area contributed by atoms with E-state index in [9.17, 15) is 4.79 Å². The third kappa shape index (κ3) is 5.29. The molecule has 0 spiro atoms. The number of carbonyl (C=O) groups is 1. The topological polar surface area (TPSA) is 41.1 Å². The summed E-state index contributed by atoms with van der Waals surface area (Å²) in [7, 11) is 0. The lowest BCUT2D eigenvalue weighted by Crippen LogP contribution is -2.34. The van der Waals surface area contributed by atoms with Gasteiger partial charge in [-0.2, -0.15) is 0 Å². The number of thiocarbonyl (C=S) groups is 1. The van der Waals surface area contributed by atoms with Crippen LogP contribution in [-0.4, -0.2) is 11.0 Å². The molecule has 1 atom stereocenters. The van der Waals surface area contributed by atoms with Gasteiger partial charge < -0.3 is 10.6 Å². The summed E-state index contributed by atoms with van der Waals surface area (Å²) >= 11 is 5.20. The first kappa shape index (κ1) is 16.6. The van der Waals surface area contributed by atoms with Crippen molar-refractivity contribution in [2.45, 2.75) is 52.4 Å². The van der Waals surface area contributed by atoms with Crippen molar-refractivity contribution in [2.24, 2.45) is 0 Å². The van der Waals surface area contributed by atoms with Crippen LogP contribution in [0.3, 0.4) is 0 Å². The van der Waals surface area contributed by atoms with E-state index < -0.39 is 0 Å². The zero-order valence-electron chi connectivity index (χ0n) is 12.5. The van der Waals surface area contributed by atoms with Gasteiger partial charge in [0.15, 0.2) is 5.11 Å². The van der Waals surface area contributed by atoms with Crippen LogP contribution in [0.5, 0.6) is 0 Å². The highest BCUT2D eigenvalue weighted by molar-refractivity contribution is 7.80. The molecule has 110 valence electrons. The van der Waals surface area contributed by atoms with Gasteiger partial charge >= 0.3 is 0 Å². The molecule has 1 aromatic rings. The average Bonchev–Trinajstić information content (AvgIpc) is 2.44. The van der Waals surface area contributed by atoms with E-state index in [2.05, 4.69) is 37.5 Å². The van der Waals surface area contributed by atoms with Crippen molar-refractivity contribution in [2.75, 3.05) is 5.32 Å². The van der Waals surface area contributed by atoms with Crippen LogP contribution in [0, 0.1) is 0 Å². The summed E-state index contributed by atoms with van der Waals surface area (Å²) in [6.45, 7) is 6.40. The highest BCUT2D eigenvalue weighted by Crippen LogP contribution is 2.26. The summed E-state index contributed by atoms with van der Waals surface area (Å²) in [6.07, 6.45) is 3.47. The Hall–Kier alpha value is -1.42. The molecule has 0 aliphatic carbocycles. The molecule has 0 aliphatic heterocycles. The van der Waals surface area contributed by atoms with E-state index in [1.165, 1.54) is 5.56 Å². The monoisotopic (exact) mass is 292 g/mol. The molecule has 3 nitrogen and oxygen atoms in total. The van der Waals surface area contributed by atoms with Gasteiger partial charge in [0.25, 0.3) is 0 Å². The summed E-state index contributed by atoms with van der Waals surface area (Å²) in [5, 5.41) is 6.24. The van der Waals surface area contributed by atoms with Crippen molar-refractivity contribution in [1.82, 2.24) is 5.32 Å². The van der Waals surface area contributed by atoms with Gasteiger partial charge in [-0.25, -0.2) is 0 Å². The number of carbonyl (C=O) groups excluding carboxylic acids is 1. The van der Waals surface area contributed by atoms with Crippen LogP contribution in [0.4, 0.5) is 5.69 Å². The number of benzene rings is 1. The minimum atomic E-state index is -0.0228. The molecule has 1 unspecified atom stereocenters. The van der Waals surface area contributed by atoms with Gasteiger partial charge in [-0.1, -0.05) is 45.4 Å². The second-order valence-electron chi connectivity index (χ2n) is 5.00. The summed E-state index contributed by atoms with van der Waals surface area (Å²) in [4.78, 5) is 11.6. The summed E-state index contributed by atoms with van der Waals surface area (Å²) in [5.74, 6) is 0.433. The summed E-state index contributed by atoms with van der Waals surface area (Å²) in [5.41, 5.74) is 2.20. The Morgan fingerprint density at radius 1 is 1.30 bits per heavy atom. The van der Waals surface area contributed by atoms with Gasteiger partial charge in [0.05, 0.1) is 0 Å². The normalized spacial score (nSPS) is 11.8. The molecule has 0 fully saturated rings. The Kier molecular flexibility index (Phi) is 7.23. The second kappa shape index (κ2) is 8.69. The largest absolute Gasteiger partial charge is 0.332 e. The number of anilines is 1. The minimum Gasteiger partial charge on any atom is -0.332 e. The molecular weight excluding hydrogens is 268 g/mol. The van der Waals surface area contributed by atoms with E-state index in [1.807, 2.05) is 18.2 Å². The maximum absolute atomic E-state index is 11.6. The first-order chi connectivity index (χ1) is 9.58. The van der Waals surface area contributed by atoms with E-state index in [1.54, 1.807) is 0 Å². The van der Waals surface area contributed by atoms with Crippen LogP contribution in [0.15, 0.2) is 24.3 Å². The zero-order valence-corrected chi connectivity index (χ0v) is 13.3. The van der Waals surface area contributed by atoms with Crippen molar-refractivity contribution in [1.29, 1.82) is 0 Å². The number of hydrogen-bond acceptors (Lipinski definition) is 2. The first-order valence-electron chi connectivity index (χ1n) is 7.28. The molecule has 1 amide bonds. The predicted octanol–water partition coefficient (Wildman–Crippen LogP) is 4.20. The molecule has 2 N–H and O–H groups in total. The lowest BCUT2D eigenvalue weighted by molar-refractivity contribution is -0.119. The molecule has 0 bridgehead atoms. The van der Waals surface area contributed by atoms with E-state index in [0.717, 1.165) is 24.9 Å². The van der Waals surface area contributed by atoms with Crippen molar-refractivity contribution in [3.8, 4) is 0 Å². The van der Waals surface area contributed by atoms with Crippen LogP contribution in [-0.2, 0) is 4.79 Å². The third-order valence-electron chi connectivity index (χ3n) is 3.36. The molecule has 0 heterocycles. The van der Waals surface area contributed by atoms with Crippen LogP contribution >= 0.6 is 12.2 Å². The van der Waals surface area contributed by atoms with Crippen molar-refractivity contribution in [3.05, 3.63) is 29.8 Å². The van der Waals surface area contributed by atoms with Gasteiger partial charge in [-0.15, -0.1) is 0 Å². The molecule has 0 aliphatic rings. The van der Waals surface area contributed by atoms with Gasteiger partial charge in [-0.3, -0.25) is 4.79 Å². The number of amides is 1. The Balaban J connectivity index is 2.64. The molecule has 0 saturated heterocycles. The summed E-state index contributed by atoms with van der Waals surface area (Å²) in [6, 6.07) is 8.08. The van der Waals surface area contributed by atoms with Gasteiger partial charge in [0.2, 0.25) is 5.91 Å². The van der Waals surface area contributed by atoms with E-state index in [4.69, 9.17) is 12.2 Å². The number of rotatable bonds is 6. The molecule has 0 radical (unpaired) electrons. The molecule has 0 saturated carbocycles. The van der Waals surface area contributed by atoms with E-state index in [0.29, 0.717) is 17.5 Å². The predicted molar refractivity (Wildman–Crippen MR) is 89.0 cm³/mol. The fraction of sp³-hybridized carbons (Fsp3) is 0.500. The Morgan fingerprint density at radius 3 is 2.65 bits per heavy atom. The highest BCUT2D eigenvalue weighted by Gasteiger charge is 2.10. The number of hydrogen-bond donors (Lipinski definition) is 2.